The van der Waals surface area contributed by atoms with Crippen molar-refractivity contribution in [2.45, 2.75) is 13.8 Å². The zero-order valence-electron chi connectivity index (χ0n) is 13.3. The number of thiocarbonyl (C=S) groups is 1. The van der Waals surface area contributed by atoms with Crippen LogP contribution in [0, 0.1) is 0 Å². The minimum absolute atomic E-state index is 0.185. The summed E-state index contributed by atoms with van der Waals surface area (Å²) in [6.45, 7) is 3.75. The predicted octanol–water partition coefficient (Wildman–Crippen LogP) is 6.44. The predicted molar refractivity (Wildman–Crippen MR) is 110 cm³/mol. The second-order valence-electron chi connectivity index (χ2n) is 4.28. The maximum Gasteiger partial charge on any atom is 0.216 e. The monoisotopic (exact) mass is 400 g/mol. The highest BCUT2D eigenvalue weighted by atomic mass is 35.5. The van der Waals surface area contributed by atoms with Crippen molar-refractivity contribution in [1.29, 1.82) is 0 Å². The summed E-state index contributed by atoms with van der Waals surface area (Å²) in [6, 6.07) is 18.3. The Morgan fingerprint density at radius 1 is 1.04 bits per heavy atom. The van der Waals surface area contributed by atoms with Crippen LogP contribution < -0.4 is 0 Å². The molecule has 0 aliphatic heterocycles. The molecule has 0 fully saturated rings. The fourth-order valence-corrected chi connectivity index (χ4v) is 1.57. The van der Waals surface area contributed by atoms with E-state index in [9.17, 15) is 4.79 Å². The van der Waals surface area contributed by atoms with Crippen molar-refractivity contribution < 1.29 is 9.08 Å². The lowest BCUT2D eigenvalue weighted by atomic mass is 10.2. The highest BCUT2D eigenvalue weighted by molar-refractivity contribution is 7.97. The number of rotatable bonds is 2. The molecule has 0 bridgehead atoms. The first-order valence-corrected chi connectivity index (χ1v) is 8.41. The van der Waals surface area contributed by atoms with Gasteiger partial charge in [-0.3, -0.25) is 4.79 Å². The zero-order valence-corrected chi connectivity index (χ0v) is 16.5. The number of carbonyl (C=O) groups excluding carboxylic acids is 1. The third-order valence-corrected chi connectivity index (χ3v) is 3.54. The van der Waals surface area contributed by atoms with Crippen LogP contribution >= 0.6 is 48.3 Å². The molecule has 0 saturated heterocycles. The zero-order chi connectivity index (χ0) is 18.4. The van der Waals surface area contributed by atoms with Gasteiger partial charge in [-0.15, -0.1) is 12.6 Å². The van der Waals surface area contributed by atoms with Crippen molar-refractivity contribution in [1.82, 2.24) is 0 Å². The molecule has 2 aromatic carbocycles. The first-order valence-electron chi connectivity index (χ1n) is 6.87. The van der Waals surface area contributed by atoms with Crippen molar-refractivity contribution in [3.05, 3.63) is 82.9 Å². The molecule has 0 aliphatic rings. The highest BCUT2D eigenvalue weighted by Gasteiger charge is 1.97. The van der Waals surface area contributed by atoms with E-state index in [0.29, 0.717) is 10.6 Å². The second kappa shape index (κ2) is 14.1. The number of hydrogen-bond acceptors (Lipinski definition) is 3. The van der Waals surface area contributed by atoms with Crippen molar-refractivity contribution in [2.75, 3.05) is 0 Å². The SMILES string of the molecule is CC=C(C)Cl.O=C(S)c1ccccc1.S=C(OCl)c1ccccc1. The Labute approximate surface area is 164 Å². The largest absolute Gasteiger partial charge is 0.373 e. The Morgan fingerprint density at radius 3 is 1.67 bits per heavy atom. The van der Waals surface area contributed by atoms with Crippen LogP contribution in [0.15, 0.2) is 71.8 Å². The van der Waals surface area contributed by atoms with E-state index >= 15 is 0 Å². The lowest BCUT2D eigenvalue weighted by Gasteiger charge is -1.95. The number of carbonyl (C=O) groups is 1. The van der Waals surface area contributed by atoms with E-state index in [4.69, 9.17) is 35.7 Å². The van der Waals surface area contributed by atoms with Gasteiger partial charge in [0.05, 0.1) is 0 Å². The average Bonchev–Trinajstić information content (AvgIpc) is 2.63. The minimum atomic E-state index is -0.185. The number of thiol groups is 1. The summed E-state index contributed by atoms with van der Waals surface area (Å²) >= 11 is 18.8. The smallest absolute Gasteiger partial charge is 0.216 e. The Morgan fingerprint density at radius 2 is 1.42 bits per heavy atom. The maximum absolute atomic E-state index is 10.5. The minimum Gasteiger partial charge on any atom is -0.373 e. The van der Waals surface area contributed by atoms with Crippen molar-refractivity contribution in [2.24, 2.45) is 0 Å². The summed E-state index contributed by atoms with van der Waals surface area (Å²) in [4.78, 5) is 10.5. The van der Waals surface area contributed by atoms with Crippen LogP contribution in [0.25, 0.3) is 0 Å². The molecule has 2 rings (SSSR count). The van der Waals surface area contributed by atoms with Crippen LogP contribution in [0.2, 0.25) is 0 Å². The molecule has 6 heteroatoms. The molecule has 0 aliphatic carbocycles. The van der Waals surface area contributed by atoms with Gasteiger partial charge >= 0.3 is 0 Å². The fourth-order valence-electron chi connectivity index (χ4n) is 1.20. The normalized spacial score (nSPS) is 9.62. The Kier molecular flexibility index (Phi) is 13.3. The molecule has 0 spiro atoms. The van der Waals surface area contributed by atoms with E-state index in [1.807, 2.05) is 68.5 Å². The average molecular weight is 401 g/mol. The van der Waals surface area contributed by atoms with Gasteiger partial charge in [-0.1, -0.05) is 78.3 Å². The van der Waals surface area contributed by atoms with Gasteiger partial charge in [0, 0.05) is 16.2 Å². The molecular formula is C18H18Cl2O2S2. The summed E-state index contributed by atoms with van der Waals surface area (Å²) < 4.78 is 4.34. The van der Waals surface area contributed by atoms with E-state index in [-0.39, 0.29) is 5.12 Å². The van der Waals surface area contributed by atoms with Gasteiger partial charge in [0.15, 0.2) is 0 Å². The number of hydrogen-bond donors (Lipinski definition) is 1. The third-order valence-electron chi connectivity index (χ3n) is 2.50. The summed E-state index contributed by atoms with van der Waals surface area (Å²) in [7, 11) is 0. The van der Waals surface area contributed by atoms with Gasteiger partial charge in [0.2, 0.25) is 10.2 Å². The van der Waals surface area contributed by atoms with Crippen LogP contribution in [0.3, 0.4) is 0 Å². The Bertz CT molecular complexity index is 641. The summed E-state index contributed by atoms with van der Waals surface area (Å²) in [5.41, 5.74) is 1.47. The van der Waals surface area contributed by atoms with E-state index in [0.717, 1.165) is 10.6 Å². The highest BCUT2D eigenvalue weighted by Crippen LogP contribution is 2.03. The molecular weight excluding hydrogens is 383 g/mol. The van der Waals surface area contributed by atoms with E-state index in [1.54, 1.807) is 12.1 Å². The topological polar surface area (TPSA) is 26.3 Å². The van der Waals surface area contributed by atoms with Crippen LogP contribution in [-0.4, -0.2) is 10.2 Å². The summed E-state index contributed by atoms with van der Waals surface area (Å²) in [5.74, 6) is 0. The van der Waals surface area contributed by atoms with Gasteiger partial charge in [0.25, 0.3) is 0 Å². The molecule has 0 heterocycles. The molecule has 2 nitrogen and oxygen atoms in total. The maximum atomic E-state index is 10.5. The molecule has 128 valence electrons. The molecule has 0 atom stereocenters. The lowest BCUT2D eigenvalue weighted by molar-refractivity contribution is 0.109. The van der Waals surface area contributed by atoms with Crippen LogP contribution in [-0.2, 0) is 4.29 Å². The van der Waals surface area contributed by atoms with Crippen LogP contribution in [0.4, 0.5) is 0 Å². The first kappa shape index (κ1) is 22.7. The quantitative estimate of drug-likeness (QED) is 0.463. The molecule has 0 unspecified atom stereocenters. The molecule has 2 aromatic rings. The second-order valence-corrected chi connectivity index (χ2v) is 5.80. The van der Waals surface area contributed by atoms with Gasteiger partial charge in [-0.25, -0.2) is 0 Å². The molecule has 0 radical (unpaired) electrons. The Balaban J connectivity index is 0.000000351. The first-order chi connectivity index (χ1) is 11.4. The molecule has 0 amide bonds. The van der Waals surface area contributed by atoms with Crippen LogP contribution in [0.5, 0.6) is 0 Å². The number of allylic oxidation sites excluding steroid dienone is 2. The number of halogens is 2. The van der Waals surface area contributed by atoms with Gasteiger partial charge in [0.1, 0.15) is 11.9 Å². The van der Waals surface area contributed by atoms with Crippen molar-refractivity contribution in [3.63, 3.8) is 0 Å². The molecule has 24 heavy (non-hydrogen) atoms. The molecule has 0 saturated carbocycles. The van der Waals surface area contributed by atoms with Crippen LogP contribution in [0.1, 0.15) is 29.8 Å². The molecule has 0 N–H and O–H groups in total. The summed E-state index contributed by atoms with van der Waals surface area (Å²) in [6.07, 6.45) is 1.85. The number of benzene rings is 2. The van der Waals surface area contributed by atoms with Crippen molar-refractivity contribution >= 4 is 58.5 Å². The fraction of sp³-hybridized carbons (Fsp3) is 0.111. The Hall–Kier alpha value is -1.33. The lowest BCUT2D eigenvalue weighted by Crippen LogP contribution is -1.94. The third kappa shape index (κ3) is 11.2. The van der Waals surface area contributed by atoms with Gasteiger partial charge < -0.3 is 4.29 Å². The summed E-state index contributed by atoms with van der Waals surface area (Å²) in [5, 5.41) is 0.975. The van der Waals surface area contributed by atoms with E-state index in [1.165, 1.54) is 0 Å². The van der Waals surface area contributed by atoms with Crippen molar-refractivity contribution in [3.8, 4) is 0 Å². The van der Waals surface area contributed by atoms with Gasteiger partial charge in [-0.2, -0.15) is 0 Å². The van der Waals surface area contributed by atoms with E-state index < -0.39 is 0 Å². The standard InChI is InChI=1S/C7H5ClOS.C7H6OS.C4H7Cl/c8-9-7(10)6-4-2-1-3-5-6;8-7(9)6-4-2-1-3-5-6;1-3-4(2)5/h1-5H;1-5H,(H,8,9);3H,1-2H3. The van der Waals surface area contributed by atoms with Gasteiger partial charge in [-0.05, 0) is 26.1 Å². The molecule has 0 aromatic heterocycles. The van der Waals surface area contributed by atoms with E-state index in [2.05, 4.69) is 16.9 Å².